The average molecular weight is 599 g/mol. The summed E-state index contributed by atoms with van der Waals surface area (Å²) in [4.78, 5) is 42.0. The SMILES string of the molecule is N#CNC(NC[C@H](NC(=O)c1c(Cl)cc2c(c1Cl)CCN(C(=O)c1cc3ccccc3o1)C2)C(=O)O)N1CCCC1. The first-order valence-electron chi connectivity index (χ1n) is 13.2. The lowest BCUT2D eigenvalue weighted by Crippen LogP contribution is -2.57. The normalized spacial score (nSPS) is 16.6. The molecule has 0 bridgehead atoms. The Balaban J connectivity index is 1.29. The summed E-state index contributed by atoms with van der Waals surface area (Å²) in [5, 5.41) is 28.0. The molecule has 0 aliphatic carbocycles. The summed E-state index contributed by atoms with van der Waals surface area (Å²) in [7, 11) is 0. The Labute approximate surface area is 246 Å². The van der Waals surface area contributed by atoms with Crippen LogP contribution in [0.4, 0.5) is 0 Å². The second-order valence-electron chi connectivity index (χ2n) is 9.98. The van der Waals surface area contributed by atoms with Crippen molar-refractivity contribution in [3.05, 3.63) is 68.9 Å². The minimum absolute atomic E-state index is 0.0263. The third-order valence-electron chi connectivity index (χ3n) is 7.38. The molecule has 3 heterocycles. The number of furan rings is 1. The molecule has 0 spiro atoms. The van der Waals surface area contributed by atoms with Crippen LogP contribution in [-0.2, 0) is 17.8 Å². The van der Waals surface area contributed by atoms with Crippen LogP contribution in [0, 0.1) is 11.5 Å². The van der Waals surface area contributed by atoms with Crippen molar-refractivity contribution in [2.24, 2.45) is 0 Å². The van der Waals surface area contributed by atoms with Gasteiger partial charge in [0.05, 0.1) is 15.6 Å². The number of likely N-dealkylation sites (tertiary alicyclic amines) is 1. The highest BCUT2D eigenvalue weighted by Gasteiger charge is 2.31. The molecule has 0 radical (unpaired) electrons. The van der Waals surface area contributed by atoms with Crippen LogP contribution in [0.2, 0.25) is 10.0 Å². The predicted octanol–water partition coefficient (Wildman–Crippen LogP) is 3.16. The summed E-state index contributed by atoms with van der Waals surface area (Å²) in [5.74, 6) is -2.03. The second-order valence-corrected chi connectivity index (χ2v) is 10.8. The number of carbonyl (C=O) groups is 3. The standard InChI is InChI=1S/C28H28Cl2N6O5/c29-19-11-17-14-36(26(38)22-12-16-5-1-2-6-21(16)41-22)10-7-18(17)24(30)23(19)25(37)34-20(27(39)40)13-32-28(33-15-31)35-8-3-4-9-35/h1-2,5-6,11-12,20,28,32-33H,3-4,7-10,13-14H2,(H,34,37)(H,39,40)/t20-,28?/m0/s1. The maximum absolute atomic E-state index is 13.2. The number of aliphatic carboxylic acids is 1. The molecule has 11 nitrogen and oxygen atoms in total. The zero-order chi connectivity index (χ0) is 29.1. The summed E-state index contributed by atoms with van der Waals surface area (Å²) in [6.07, 6.45) is 3.66. The molecular formula is C28H28Cl2N6O5. The number of fused-ring (bicyclic) bond motifs is 2. The highest BCUT2D eigenvalue weighted by atomic mass is 35.5. The van der Waals surface area contributed by atoms with Gasteiger partial charge >= 0.3 is 5.97 Å². The van der Waals surface area contributed by atoms with Crippen LogP contribution in [-0.4, -0.2) is 71.2 Å². The summed E-state index contributed by atoms with van der Waals surface area (Å²) in [5.41, 5.74) is 1.96. The van der Waals surface area contributed by atoms with E-state index in [0.29, 0.717) is 29.7 Å². The van der Waals surface area contributed by atoms with Gasteiger partial charge in [-0.25, -0.2) is 4.79 Å². The molecule has 4 N–H and O–H groups in total. The predicted molar refractivity (Wildman–Crippen MR) is 151 cm³/mol. The van der Waals surface area contributed by atoms with Crippen molar-refractivity contribution >= 4 is 52.0 Å². The molecule has 2 aliphatic rings. The van der Waals surface area contributed by atoms with Gasteiger partial charge in [0.1, 0.15) is 17.9 Å². The van der Waals surface area contributed by atoms with Crippen LogP contribution >= 0.6 is 23.2 Å². The maximum Gasteiger partial charge on any atom is 0.327 e. The van der Waals surface area contributed by atoms with E-state index in [1.165, 1.54) is 0 Å². The van der Waals surface area contributed by atoms with E-state index in [-0.39, 0.29) is 40.4 Å². The van der Waals surface area contributed by atoms with E-state index in [1.807, 2.05) is 29.3 Å². The molecule has 1 unspecified atom stereocenters. The molecule has 1 saturated heterocycles. The van der Waals surface area contributed by atoms with E-state index < -0.39 is 24.2 Å². The topological polar surface area (TPSA) is 151 Å². The molecule has 2 aromatic carbocycles. The molecule has 214 valence electrons. The van der Waals surface area contributed by atoms with Gasteiger partial charge in [-0.15, -0.1) is 0 Å². The number of rotatable bonds is 9. The van der Waals surface area contributed by atoms with Crippen LogP contribution < -0.4 is 16.0 Å². The number of hydrogen-bond donors (Lipinski definition) is 4. The van der Waals surface area contributed by atoms with E-state index in [0.717, 1.165) is 31.3 Å². The zero-order valence-electron chi connectivity index (χ0n) is 22.0. The minimum Gasteiger partial charge on any atom is -0.480 e. The van der Waals surface area contributed by atoms with Gasteiger partial charge in [-0.05, 0) is 48.6 Å². The van der Waals surface area contributed by atoms with Crippen molar-refractivity contribution in [2.75, 3.05) is 26.2 Å². The summed E-state index contributed by atoms with van der Waals surface area (Å²) >= 11 is 13.2. The first kappa shape index (κ1) is 28.7. The summed E-state index contributed by atoms with van der Waals surface area (Å²) in [6.45, 7) is 1.95. The van der Waals surface area contributed by atoms with Crippen LogP contribution in [0.15, 0.2) is 40.8 Å². The lowest BCUT2D eigenvalue weighted by Gasteiger charge is -2.30. The minimum atomic E-state index is -1.31. The van der Waals surface area contributed by atoms with Gasteiger partial charge in [-0.1, -0.05) is 41.4 Å². The van der Waals surface area contributed by atoms with E-state index in [9.17, 15) is 19.5 Å². The first-order valence-corrected chi connectivity index (χ1v) is 14.0. The Morgan fingerprint density at radius 2 is 1.88 bits per heavy atom. The van der Waals surface area contributed by atoms with Crippen LogP contribution in [0.5, 0.6) is 0 Å². The fourth-order valence-corrected chi connectivity index (χ4v) is 6.03. The number of nitrogens with one attached hydrogen (secondary N) is 3. The first-order chi connectivity index (χ1) is 19.8. The van der Waals surface area contributed by atoms with E-state index in [4.69, 9.17) is 32.9 Å². The largest absolute Gasteiger partial charge is 0.480 e. The number of benzene rings is 2. The van der Waals surface area contributed by atoms with Gasteiger partial charge < -0.3 is 19.7 Å². The summed E-state index contributed by atoms with van der Waals surface area (Å²) in [6, 6.07) is 9.35. The van der Waals surface area contributed by atoms with Crippen molar-refractivity contribution in [3.8, 4) is 6.19 Å². The Hall–Kier alpha value is -3.82. The van der Waals surface area contributed by atoms with E-state index >= 15 is 0 Å². The fraction of sp³-hybridized carbons (Fsp3) is 0.357. The van der Waals surface area contributed by atoms with Gasteiger partial charge in [0.2, 0.25) is 0 Å². The van der Waals surface area contributed by atoms with E-state index in [1.54, 1.807) is 23.1 Å². The Morgan fingerprint density at radius 1 is 1.12 bits per heavy atom. The molecule has 5 rings (SSSR count). The summed E-state index contributed by atoms with van der Waals surface area (Å²) < 4.78 is 5.73. The molecule has 1 aromatic heterocycles. The highest BCUT2D eigenvalue weighted by Crippen LogP contribution is 2.35. The van der Waals surface area contributed by atoms with Gasteiger partial charge in [-0.2, -0.15) is 5.26 Å². The van der Waals surface area contributed by atoms with Crippen LogP contribution in [0.25, 0.3) is 11.0 Å². The number of nitrogens with zero attached hydrogens (tertiary/aromatic N) is 3. The van der Waals surface area contributed by atoms with Gasteiger partial charge in [-0.3, -0.25) is 25.1 Å². The fourth-order valence-electron chi connectivity index (χ4n) is 5.27. The number of halogens is 2. The van der Waals surface area contributed by atoms with Crippen LogP contribution in [0.3, 0.4) is 0 Å². The van der Waals surface area contributed by atoms with Crippen LogP contribution in [0.1, 0.15) is 44.9 Å². The molecule has 13 heteroatoms. The third-order valence-corrected chi connectivity index (χ3v) is 8.10. The molecule has 0 saturated carbocycles. The van der Waals surface area contributed by atoms with Gasteiger partial charge in [0, 0.05) is 38.1 Å². The Bertz CT molecular complexity index is 1500. The van der Waals surface area contributed by atoms with Gasteiger partial charge in [0.25, 0.3) is 11.8 Å². The quantitative estimate of drug-likeness (QED) is 0.165. The number of carboxylic acid groups (broad SMARTS) is 1. The number of carboxylic acids is 1. The second kappa shape index (κ2) is 12.4. The third kappa shape index (κ3) is 6.11. The molecule has 3 aromatic rings. The van der Waals surface area contributed by atoms with Crippen molar-refractivity contribution in [1.82, 2.24) is 25.8 Å². The smallest absolute Gasteiger partial charge is 0.327 e. The molecule has 2 aliphatic heterocycles. The highest BCUT2D eigenvalue weighted by molar-refractivity contribution is 6.40. The Kier molecular flexibility index (Phi) is 8.65. The zero-order valence-corrected chi connectivity index (χ0v) is 23.5. The molecule has 2 atom stereocenters. The number of carbonyl (C=O) groups excluding carboxylic acids is 2. The van der Waals surface area contributed by atoms with E-state index in [2.05, 4.69) is 16.0 Å². The maximum atomic E-state index is 13.2. The molecule has 41 heavy (non-hydrogen) atoms. The van der Waals surface area contributed by atoms with Crippen molar-refractivity contribution in [2.45, 2.75) is 38.1 Å². The Morgan fingerprint density at radius 3 is 2.59 bits per heavy atom. The molecule has 1 fully saturated rings. The van der Waals surface area contributed by atoms with Crippen molar-refractivity contribution in [3.63, 3.8) is 0 Å². The lowest BCUT2D eigenvalue weighted by molar-refractivity contribution is -0.139. The van der Waals surface area contributed by atoms with Crippen molar-refractivity contribution in [1.29, 1.82) is 5.26 Å². The number of nitriles is 1. The lowest BCUT2D eigenvalue weighted by atomic mass is 9.96. The average Bonchev–Trinajstić information content (AvgIpc) is 3.64. The number of para-hydroxylation sites is 1. The van der Waals surface area contributed by atoms with Crippen molar-refractivity contribution < 1.29 is 23.9 Å². The van der Waals surface area contributed by atoms with Gasteiger partial charge in [0.15, 0.2) is 12.0 Å². The number of hydrogen-bond acceptors (Lipinski definition) is 8. The molecule has 2 amide bonds. The monoisotopic (exact) mass is 598 g/mol. The molecular weight excluding hydrogens is 571 g/mol. The number of amides is 2.